The Morgan fingerprint density at radius 3 is 2.67 bits per heavy atom. The molecule has 1 aliphatic rings. The van der Waals surface area contributed by atoms with Crippen LogP contribution in [-0.4, -0.2) is 55.6 Å². The van der Waals surface area contributed by atoms with Gasteiger partial charge in [0.2, 0.25) is 5.91 Å². The number of carbonyl (C=O) groups is 1. The van der Waals surface area contributed by atoms with Gasteiger partial charge in [0.15, 0.2) is 0 Å². The maximum Gasteiger partial charge on any atom is 0.249 e. The van der Waals surface area contributed by atoms with Crippen LogP contribution in [0.3, 0.4) is 0 Å². The molecule has 8 heteroatoms. The lowest BCUT2D eigenvalue weighted by atomic mass is 10.0. The summed E-state index contributed by atoms with van der Waals surface area (Å²) in [6.07, 6.45) is 2.01. The van der Waals surface area contributed by atoms with Crippen molar-refractivity contribution in [1.82, 2.24) is 25.1 Å². The van der Waals surface area contributed by atoms with E-state index in [9.17, 15) is 4.79 Å². The van der Waals surface area contributed by atoms with Crippen molar-refractivity contribution < 1.29 is 4.79 Å². The van der Waals surface area contributed by atoms with Gasteiger partial charge < -0.3 is 5.32 Å². The second kappa shape index (κ2) is 9.86. The Bertz CT molecular complexity index is 957. The van der Waals surface area contributed by atoms with E-state index in [2.05, 4.69) is 38.7 Å². The van der Waals surface area contributed by atoms with Gasteiger partial charge in [-0.1, -0.05) is 42.5 Å². The first-order chi connectivity index (χ1) is 14.7. The van der Waals surface area contributed by atoms with Crippen LogP contribution >= 0.6 is 11.8 Å². The van der Waals surface area contributed by atoms with Crippen LogP contribution in [0.4, 0.5) is 5.69 Å². The number of tetrazole rings is 1. The minimum Gasteiger partial charge on any atom is -0.324 e. The number of aromatic nitrogens is 4. The lowest BCUT2D eigenvalue weighted by Crippen LogP contribution is -2.32. The molecule has 1 aromatic heterocycles. The number of hydrogen-bond donors (Lipinski definition) is 1. The zero-order valence-corrected chi connectivity index (χ0v) is 17.9. The molecule has 0 spiro atoms. The predicted octanol–water partition coefficient (Wildman–Crippen LogP) is 2.95. The summed E-state index contributed by atoms with van der Waals surface area (Å²) in [5, 5.41) is 14.5. The largest absolute Gasteiger partial charge is 0.324 e. The quantitative estimate of drug-likeness (QED) is 0.631. The average molecular weight is 423 g/mol. The van der Waals surface area contributed by atoms with E-state index in [1.807, 2.05) is 54.2 Å². The Morgan fingerprint density at radius 2 is 1.93 bits per heavy atom. The van der Waals surface area contributed by atoms with Crippen LogP contribution in [0.5, 0.6) is 0 Å². The topological polar surface area (TPSA) is 75.9 Å². The number of hydrogen-bond acceptors (Lipinski definition) is 6. The molecule has 2 heterocycles. The summed E-state index contributed by atoms with van der Waals surface area (Å²) in [6, 6.07) is 15.5. The summed E-state index contributed by atoms with van der Waals surface area (Å²) < 4.78 is 1.52. The maximum atomic E-state index is 13.2. The van der Waals surface area contributed by atoms with Crippen molar-refractivity contribution >= 4 is 23.4 Å². The first-order valence-electron chi connectivity index (χ1n) is 10.2. The van der Waals surface area contributed by atoms with Crippen molar-refractivity contribution in [2.24, 2.45) is 0 Å². The SMILES string of the molecule is Cc1c(CN2CCSCC2)cccc1NC(=O)C(Cc1ccccc1)n1cnnn1. The number of rotatable bonds is 7. The van der Waals surface area contributed by atoms with E-state index < -0.39 is 6.04 Å². The Hall–Kier alpha value is -2.71. The third-order valence-electron chi connectivity index (χ3n) is 5.46. The van der Waals surface area contributed by atoms with Gasteiger partial charge in [0.05, 0.1) is 0 Å². The number of thioether (sulfide) groups is 1. The molecular weight excluding hydrogens is 396 g/mol. The molecule has 3 aromatic rings. The first kappa shape index (κ1) is 20.6. The van der Waals surface area contributed by atoms with E-state index in [1.165, 1.54) is 28.1 Å². The molecule has 156 valence electrons. The summed E-state index contributed by atoms with van der Waals surface area (Å²) in [6.45, 7) is 5.21. The molecule has 30 heavy (non-hydrogen) atoms. The summed E-state index contributed by atoms with van der Waals surface area (Å²) in [5.41, 5.74) is 4.26. The van der Waals surface area contributed by atoms with Gasteiger partial charge in [-0.3, -0.25) is 9.69 Å². The minimum atomic E-state index is -0.524. The second-order valence-corrected chi connectivity index (χ2v) is 8.69. The van der Waals surface area contributed by atoms with Gasteiger partial charge in [0.1, 0.15) is 12.4 Å². The van der Waals surface area contributed by atoms with E-state index in [1.54, 1.807) is 0 Å². The Morgan fingerprint density at radius 1 is 1.13 bits per heavy atom. The summed E-state index contributed by atoms with van der Waals surface area (Å²) >= 11 is 2.01. The number of amides is 1. The summed E-state index contributed by atoms with van der Waals surface area (Å²) in [4.78, 5) is 15.7. The molecule has 1 fully saturated rings. The fraction of sp³-hybridized carbons (Fsp3) is 0.364. The number of nitrogens with one attached hydrogen (secondary N) is 1. The highest BCUT2D eigenvalue weighted by atomic mass is 32.2. The maximum absolute atomic E-state index is 13.2. The molecule has 0 aliphatic carbocycles. The monoisotopic (exact) mass is 422 g/mol. The average Bonchev–Trinajstić information content (AvgIpc) is 3.31. The van der Waals surface area contributed by atoms with Crippen LogP contribution in [0, 0.1) is 6.92 Å². The highest BCUT2D eigenvalue weighted by molar-refractivity contribution is 7.99. The van der Waals surface area contributed by atoms with Gasteiger partial charge in [-0.15, -0.1) is 5.10 Å². The Balaban J connectivity index is 1.51. The van der Waals surface area contributed by atoms with Crippen molar-refractivity contribution in [3.8, 4) is 0 Å². The minimum absolute atomic E-state index is 0.124. The normalized spacial score (nSPS) is 15.6. The van der Waals surface area contributed by atoms with Crippen LogP contribution in [0.15, 0.2) is 54.9 Å². The molecule has 0 saturated carbocycles. The van der Waals surface area contributed by atoms with Gasteiger partial charge >= 0.3 is 0 Å². The molecule has 0 radical (unpaired) electrons. The predicted molar refractivity (Wildman–Crippen MR) is 119 cm³/mol. The van der Waals surface area contributed by atoms with Crippen molar-refractivity contribution in [3.05, 3.63) is 71.5 Å². The van der Waals surface area contributed by atoms with Crippen LogP contribution in [-0.2, 0) is 17.8 Å². The number of nitrogens with zero attached hydrogens (tertiary/aromatic N) is 5. The fourth-order valence-corrected chi connectivity index (χ4v) is 4.64. The zero-order chi connectivity index (χ0) is 20.8. The van der Waals surface area contributed by atoms with Crippen LogP contribution in [0.2, 0.25) is 0 Å². The highest BCUT2D eigenvalue weighted by Gasteiger charge is 2.23. The molecule has 1 unspecified atom stereocenters. The molecule has 7 nitrogen and oxygen atoms in total. The van der Waals surface area contributed by atoms with Gasteiger partial charge in [0, 0.05) is 43.2 Å². The van der Waals surface area contributed by atoms with Crippen molar-refractivity contribution in [2.45, 2.75) is 25.9 Å². The molecule has 1 N–H and O–H groups in total. The molecule has 1 saturated heterocycles. The van der Waals surface area contributed by atoms with Crippen LogP contribution in [0.1, 0.15) is 22.7 Å². The number of benzene rings is 2. The first-order valence-corrected chi connectivity index (χ1v) is 11.3. The van der Waals surface area contributed by atoms with Crippen LogP contribution < -0.4 is 5.32 Å². The number of anilines is 1. The standard InChI is InChI=1S/C22H26N6OS/c1-17-19(15-27-10-12-30-13-11-27)8-5-9-20(17)24-22(29)21(28-16-23-25-26-28)14-18-6-3-2-4-7-18/h2-9,16,21H,10-15H2,1H3,(H,24,29). The smallest absolute Gasteiger partial charge is 0.249 e. The van der Waals surface area contributed by atoms with Gasteiger partial charge in [-0.2, -0.15) is 11.8 Å². The third-order valence-corrected chi connectivity index (χ3v) is 6.40. The van der Waals surface area contributed by atoms with E-state index in [-0.39, 0.29) is 5.91 Å². The molecular formula is C22H26N6OS. The summed E-state index contributed by atoms with van der Waals surface area (Å²) in [7, 11) is 0. The Kier molecular flexibility index (Phi) is 6.76. The van der Waals surface area contributed by atoms with E-state index in [0.717, 1.165) is 36.4 Å². The molecule has 1 amide bonds. The van der Waals surface area contributed by atoms with E-state index in [0.29, 0.717) is 6.42 Å². The van der Waals surface area contributed by atoms with Gasteiger partial charge in [-0.25, -0.2) is 4.68 Å². The lowest BCUT2D eigenvalue weighted by Gasteiger charge is -2.27. The molecule has 4 rings (SSSR count). The zero-order valence-electron chi connectivity index (χ0n) is 17.1. The number of carbonyl (C=O) groups excluding carboxylic acids is 1. The molecule has 0 bridgehead atoms. The van der Waals surface area contributed by atoms with Crippen LogP contribution in [0.25, 0.3) is 0 Å². The molecule has 1 aliphatic heterocycles. The van der Waals surface area contributed by atoms with Crippen molar-refractivity contribution in [2.75, 3.05) is 29.9 Å². The summed E-state index contributed by atoms with van der Waals surface area (Å²) in [5.74, 6) is 2.24. The molecule has 1 atom stereocenters. The fourth-order valence-electron chi connectivity index (χ4n) is 3.66. The van der Waals surface area contributed by atoms with Gasteiger partial charge in [0.25, 0.3) is 0 Å². The highest BCUT2D eigenvalue weighted by Crippen LogP contribution is 2.23. The van der Waals surface area contributed by atoms with Crippen molar-refractivity contribution in [1.29, 1.82) is 0 Å². The molecule has 2 aromatic carbocycles. The van der Waals surface area contributed by atoms with Crippen molar-refractivity contribution in [3.63, 3.8) is 0 Å². The Labute approximate surface area is 180 Å². The van der Waals surface area contributed by atoms with Gasteiger partial charge in [-0.05, 0) is 40.1 Å². The van der Waals surface area contributed by atoms with E-state index in [4.69, 9.17) is 0 Å². The second-order valence-electron chi connectivity index (χ2n) is 7.46. The van der Waals surface area contributed by atoms with E-state index >= 15 is 0 Å². The third kappa shape index (κ3) is 5.06. The lowest BCUT2D eigenvalue weighted by molar-refractivity contribution is -0.119.